The van der Waals surface area contributed by atoms with Crippen LogP contribution in [0.1, 0.15) is 76.7 Å². The van der Waals surface area contributed by atoms with Crippen molar-refractivity contribution in [2.24, 2.45) is 0 Å². The van der Waals surface area contributed by atoms with Crippen LogP contribution in [-0.4, -0.2) is 53.0 Å². The molecule has 0 unspecified atom stereocenters. The smallest absolute Gasteiger partial charge is 0.407 e. The van der Waals surface area contributed by atoms with E-state index in [0.29, 0.717) is 36.7 Å². The quantitative estimate of drug-likeness (QED) is 0.0661. The number of ketones is 1. The van der Waals surface area contributed by atoms with Gasteiger partial charge in [-0.2, -0.15) is 0 Å². The number of hydrogen-bond acceptors (Lipinski definition) is 10. The summed E-state index contributed by atoms with van der Waals surface area (Å²) in [6.45, 7) is 8.02. The highest BCUT2D eigenvalue weighted by Gasteiger charge is 2.10. The molecule has 0 atom stereocenters. The van der Waals surface area contributed by atoms with Gasteiger partial charge in [0.15, 0.2) is 0 Å². The van der Waals surface area contributed by atoms with Crippen molar-refractivity contribution in [1.82, 2.24) is 15.3 Å². The van der Waals surface area contributed by atoms with Crippen molar-refractivity contribution in [2.75, 3.05) is 42.0 Å². The third kappa shape index (κ3) is 12.6. The van der Waals surface area contributed by atoms with Crippen molar-refractivity contribution in [3.05, 3.63) is 86.6 Å². The summed E-state index contributed by atoms with van der Waals surface area (Å²) in [5.74, 6) is 0.626. The predicted molar refractivity (Wildman–Crippen MR) is 179 cm³/mol. The first-order chi connectivity index (χ1) is 22.1. The summed E-state index contributed by atoms with van der Waals surface area (Å²) in [6, 6.07) is 15.3. The molecule has 1 aromatic heterocycles. The number of alkyl carbamates (subject to hydrolysis) is 1. The van der Waals surface area contributed by atoms with Crippen LogP contribution in [0.4, 0.5) is 27.5 Å². The van der Waals surface area contributed by atoms with Crippen LogP contribution in [0.5, 0.6) is 0 Å². The van der Waals surface area contributed by atoms with Gasteiger partial charge < -0.3 is 30.8 Å². The maximum atomic E-state index is 12.3. The molecule has 13 heteroatoms. The maximum Gasteiger partial charge on any atom is 0.407 e. The molecule has 46 heavy (non-hydrogen) atoms. The summed E-state index contributed by atoms with van der Waals surface area (Å²) in [5, 5.41) is 13.6. The zero-order valence-electron chi connectivity index (χ0n) is 26.8. The van der Waals surface area contributed by atoms with Gasteiger partial charge in [-0.1, -0.05) is 33.1 Å². The van der Waals surface area contributed by atoms with E-state index in [0.717, 1.165) is 50.0 Å². The SMILES string of the molecule is CCN(CCOC(=O)NCCCCCCCC(=O)Cc1nc(C(C)C)cc(=O)[nH]1)c1ccc(NNc2ccc([N+](=O)[O-])cc2)cc1. The predicted octanol–water partition coefficient (Wildman–Crippen LogP) is 5.95. The Balaban J connectivity index is 1.23. The molecule has 1 heterocycles. The van der Waals surface area contributed by atoms with E-state index in [2.05, 4.69) is 31.0 Å². The second-order valence-corrected chi connectivity index (χ2v) is 11.2. The molecule has 0 spiro atoms. The maximum absolute atomic E-state index is 12.3. The molecule has 0 aliphatic rings. The first-order valence-corrected chi connectivity index (χ1v) is 15.8. The second-order valence-electron chi connectivity index (χ2n) is 11.2. The number of non-ortho nitro benzene ring substituents is 1. The Morgan fingerprint density at radius 2 is 1.61 bits per heavy atom. The number of amides is 1. The number of Topliss-reactive ketones (excluding diaryl/α,β-unsaturated/α-hetero) is 1. The average Bonchev–Trinajstić information content (AvgIpc) is 3.03. The molecule has 0 bridgehead atoms. The fraction of sp³-hybridized carbons (Fsp3) is 0.455. The van der Waals surface area contributed by atoms with E-state index < -0.39 is 11.0 Å². The first-order valence-electron chi connectivity index (χ1n) is 15.8. The number of nitro groups is 1. The van der Waals surface area contributed by atoms with Crippen LogP contribution in [0.25, 0.3) is 0 Å². The van der Waals surface area contributed by atoms with E-state index in [9.17, 15) is 24.5 Å². The summed E-state index contributed by atoms with van der Waals surface area (Å²) < 4.78 is 5.36. The van der Waals surface area contributed by atoms with Gasteiger partial charge in [0, 0.05) is 43.4 Å². The molecule has 2 aromatic carbocycles. The van der Waals surface area contributed by atoms with E-state index in [-0.39, 0.29) is 36.0 Å². The molecule has 1 amide bonds. The van der Waals surface area contributed by atoms with Crippen molar-refractivity contribution >= 4 is 34.6 Å². The van der Waals surface area contributed by atoms with Gasteiger partial charge in [-0.3, -0.25) is 19.7 Å². The number of rotatable bonds is 20. The lowest BCUT2D eigenvalue weighted by Crippen LogP contribution is -2.31. The Morgan fingerprint density at radius 3 is 2.24 bits per heavy atom. The molecule has 3 rings (SSSR count). The number of hydrogen-bond donors (Lipinski definition) is 4. The molecule has 0 fully saturated rings. The third-order valence-electron chi connectivity index (χ3n) is 7.31. The van der Waals surface area contributed by atoms with Crippen LogP contribution in [0.3, 0.4) is 0 Å². The van der Waals surface area contributed by atoms with Crippen molar-refractivity contribution in [1.29, 1.82) is 0 Å². The molecule has 13 nitrogen and oxygen atoms in total. The van der Waals surface area contributed by atoms with Crippen LogP contribution in [0.2, 0.25) is 0 Å². The lowest BCUT2D eigenvalue weighted by Gasteiger charge is -2.23. The number of nitrogens with one attached hydrogen (secondary N) is 4. The van der Waals surface area contributed by atoms with Gasteiger partial charge in [-0.05, 0) is 62.1 Å². The van der Waals surface area contributed by atoms with Gasteiger partial charge in [0.2, 0.25) is 0 Å². The Hall–Kier alpha value is -4.94. The van der Waals surface area contributed by atoms with Gasteiger partial charge in [-0.25, -0.2) is 9.78 Å². The number of H-pyrrole nitrogens is 1. The number of benzene rings is 2. The Bertz CT molecular complexity index is 1460. The number of aromatic nitrogens is 2. The number of carbonyl (C=O) groups excluding carboxylic acids is 2. The van der Waals surface area contributed by atoms with E-state index in [4.69, 9.17) is 4.74 Å². The number of unbranched alkanes of at least 4 members (excludes halogenated alkanes) is 4. The molecule has 0 aliphatic carbocycles. The van der Waals surface area contributed by atoms with Crippen molar-refractivity contribution < 1.29 is 19.2 Å². The number of carbonyl (C=O) groups is 2. The number of nitro benzene ring substituents is 1. The van der Waals surface area contributed by atoms with Crippen LogP contribution in [0, 0.1) is 10.1 Å². The van der Waals surface area contributed by atoms with Crippen LogP contribution in [-0.2, 0) is 16.0 Å². The number of anilines is 3. The molecule has 4 N–H and O–H groups in total. The fourth-order valence-corrected chi connectivity index (χ4v) is 4.69. The minimum Gasteiger partial charge on any atom is -0.448 e. The Labute approximate surface area is 269 Å². The molecule has 3 aromatic rings. The zero-order valence-corrected chi connectivity index (χ0v) is 26.8. The highest BCUT2D eigenvalue weighted by Crippen LogP contribution is 2.19. The molecule has 248 valence electrons. The number of likely N-dealkylation sites (N-methyl/N-ethyl adjacent to an activating group) is 1. The monoisotopic (exact) mass is 635 g/mol. The minimum atomic E-state index is -0.439. The molecule has 0 radical (unpaired) electrons. The molecule has 0 aliphatic heterocycles. The van der Waals surface area contributed by atoms with Crippen LogP contribution in [0.15, 0.2) is 59.4 Å². The molecular weight excluding hydrogens is 590 g/mol. The average molecular weight is 636 g/mol. The standard InChI is InChI=1S/C33H45N7O6/c1-4-39(27-15-11-25(12-16-27)37-38-26-13-17-28(18-14-26)40(44)45)20-21-46-33(43)34-19-9-7-5-6-8-10-29(41)22-31-35-30(24(2)3)23-32(42)36-31/h11-18,23-24,37-38H,4-10,19-22H2,1-3H3,(H,34,43)(H,35,36,42). The number of nitrogens with zero attached hydrogens (tertiary/aromatic N) is 3. The summed E-state index contributed by atoms with van der Waals surface area (Å²) in [5.41, 5.74) is 9.09. The summed E-state index contributed by atoms with van der Waals surface area (Å²) in [6.07, 6.45) is 4.61. The van der Waals surface area contributed by atoms with Crippen molar-refractivity contribution in [3.8, 4) is 0 Å². The van der Waals surface area contributed by atoms with Crippen LogP contribution < -0.4 is 26.6 Å². The van der Waals surface area contributed by atoms with E-state index in [1.807, 2.05) is 45.0 Å². The molecule has 0 saturated heterocycles. The molecular formula is C33H45N7O6. The third-order valence-corrected chi connectivity index (χ3v) is 7.31. The number of hydrazine groups is 1. The Morgan fingerprint density at radius 1 is 0.978 bits per heavy atom. The highest BCUT2D eigenvalue weighted by molar-refractivity contribution is 5.80. The second kappa shape index (κ2) is 18.8. The number of aromatic amines is 1. The fourth-order valence-electron chi connectivity index (χ4n) is 4.69. The van der Waals surface area contributed by atoms with Crippen molar-refractivity contribution in [2.45, 2.75) is 71.6 Å². The highest BCUT2D eigenvalue weighted by atomic mass is 16.6. The summed E-state index contributed by atoms with van der Waals surface area (Å²) in [7, 11) is 0. The lowest BCUT2D eigenvalue weighted by atomic mass is 10.1. The first kappa shape index (κ1) is 35.5. The minimum absolute atomic E-state index is 0.0321. The van der Waals surface area contributed by atoms with Gasteiger partial charge in [0.1, 0.15) is 18.2 Å². The normalized spacial score (nSPS) is 10.8. The van der Waals surface area contributed by atoms with Gasteiger partial charge in [0.25, 0.3) is 11.2 Å². The van der Waals surface area contributed by atoms with Gasteiger partial charge in [-0.15, -0.1) is 0 Å². The van der Waals surface area contributed by atoms with Gasteiger partial charge in [0.05, 0.1) is 35.0 Å². The topological polar surface area (TPSA) is 172 Å². The van der Waals surface area contributed by atoms with E-state index in [1.165, 1.54) is 18.2 Å². The van der Waals surface area contributed by atoms with Gasteiger partial charge >= 0.3 is 6.09 Å². The van der Waals surface area contributed by atoms with Crippen LogP contribution >= 0.6 is 0 Å². The largest absolute Gasteiger partial charge is 0.448 e. The molecule has 0 saturated carbocycles. The summed E-state index contributed by atoms with van der Waals surface area (Å²) >= 11 is 0. The Kier molecular flexibility index (Phi) is 14.5. The zero-order chi connectivity index (χ0) is 33.3. The lowest BCUT2D eigenvalue weighted by molar-refractivity contribution is -0.384. The number of ether oxygens (including phenoxy) is 1. The van der Waals surface area contributed by atoms with E-state index in [1.54, 1.807) is 12.1 Å². The van der Waals surface area contributed by atoms with Crippen molar-refractivity contribution in [3.63, 3.8) is 0 Å². The summed E-state index contributed by atoms with van der Waals surface area (Å²) in [4.78, 5) is 55.7. The van der Waals surface area contributed by atoms with E-state index >= 15 is 0 Å².